The Morgan fingerprint density at radius 2 is 2.16 bits per heavy atom. The largest absolute Gasteiger partial charge is 0.491 e. The normalized spacial score (nSPS) is 17.1. The highest BCUT2D eigenvalue weighted by atomic mass is 35.5. The Morgan fingerprint density at radius 1 is 1.29 bits per heavy atom. The van der Waals surface area contributed by atoms with Crippen molar-refractivity contribution in [2.24, 2.45) is 5.92 Å². The molecule has 9 heteroatoms. The molecule has 1 aromatic heterocycles. The number of anilines is 1. The van der Waals surface area contributed by atoms with Crippen molar-refractivity contribution in [1.29, 1.82) is 0 Å². The van der Waals surface area contributed by atoms with Crippen LogP contribution in [0.3, 0.4) is 0 Å². The second-order valence-electron chi connectivity index (χ2n) is 7.07. The van der Waals surface area contributed by atoms with Gasteiger partial charge in [0.2, 0.25) is 0 Å². The van der Waals surface area contributed by atoms with E-state index in [1.807, 2.05) is 6.07 Å². The summed E-state index contributed by atoms with van der Waals surface area (Å²) in [6.45, 7) is 0.279. The van der Waals surface area contributed by atoms with E-state index in [0.717, 1.165) is 36.5 Å². The highest BCUT2D eigenvalue weighted by molar-refractivity contribution is 7.86. The summed E-state index contributed by atoms with van der Waals surface area (Å²) in [5, 5.41) is 1.83. The van der Waals surface area contributed by atoms with E-state index < -0.39 is 16.8 Å². The van der Waals surface area contributed by atoms with Gasteiger partial charge in [-0.25, -0.2) is 18.0 Å². The van der Waals surface area contributed by atoms with E-state index in [9.17, 15) is 13.0 Å². The summed E-state index contributed by atoms with van der Waals surface area (Å²) < 4.78 is 49.2. The van der Waals surface area contributed by atoms with Crippen molar-refractivity contribution in [1.82, 2.24) is 4.98 Å². The Morgan fingerprint density at radius 3 is 2.94 bits per heavy atom. The van der Waals surface area contributed by atoms with Crippen LogP contribution in [0.4, 0.5) is 14.6 Å². The summed E-state index contributed by atoms with van der Waals surface area (Å²) >= 11 is 7.62. The van der Waals surface area contributed by atoms with Gasteiger partial charge in [-0.1, -0.05) is 29.8 Å². The number of hydrogen-bond acceptors (Lipinski definition) is 4. The maximum atomic E-state index is 14.6. The van der Waals surface area contributed by atoms with Gasteiger partial charge < -0.3 is 4.74 Å². The van der Waals surface area contributed by atoms with Gasteiger partial charge in [0.15, 0.2) is 11.0 Å². The summed E-state index contributed by atoms with van der Waals surface area (Å²) in [6, 6.07) is 8.92. The number of hydrogen-bond donors (Lipinski definition) is 1. The number of aromatic nitrogens is 1. The van der Waals surface area contributed by atoms with Crippen LogP contribution in [0.1, 0.15) is 24.8 Å². The van der Waals surface area contributed by atoms with E-state index in [2.05, 4.69) is 15.8 Å². The zero-order valence-corrected chi connectivity index (χ0v) is 18.7. The molecule has 3 aromatic rings. The number of allylic oxidation sites excluding steroid dienone is 1. The lowest BCUT2D eigenvalue weighted by molar-refractivity contribution is 0.267. The summed E-state index contributed by atoms with van der Waals surface area (Å²) in [5.41, 5.74) is 3.43. The van der Waals surface area contributed by atoms with Crippen LogP contribution in [0.15, 0.2) is 58.3 Å². The van der Waals surface area contributed by atoms with E-state index >= 15 is 0 Å². The lowest BCUT2D eigenvalue weighted by atomic mass is 9.84. The molecular formula is C22H19ClF2N2O2S2. The zero-order valence-electron chi connectivity index (χ0n) is 16.3. The van der Waals surface area contributed by atoms with Gasteiger partial charge in [-0.05, 0) is 48.6 Å². The van der Waals surface area contributed by atoms with E-state index in [0.29, 0.717) is 5.82 Å². The molecule has 2 aromatic carbocycles. The van der Waals surface area contributed by atoms with Crippen LogP contribution in [0.5, 0.6) is 5.75 Å². The number of rotatable bonds is 7. The quantitative estimate of drug-likeness (QED) is 0.421. The standard InChI is InChI=1S/C22H19ClF2N2O2S2/c23-18-9-21(31(28)27-22-12-30-13-26-22)19(25)10-20(18)29-11-15-4-1-2-7-17(15)14-5-3-6-16(24)8-14/h3,5-10,12-13,15,27H,1-2,4,11H2. The third kappa shape index (κ3) is 5.31. The molecule has 0 fully saturated rings. The fourth-order valence-electron chi connectivity index (χ4n) is 3.50. The second-order valence-corrected chi connectivity index (χ2v) is 9.37. The van der Waals surface area contributed by atoms with Gasteiger partial charge in [0.05, 0.1) is 22.0 Å². The topological polar surface area (TPSA) is 51.2 Å². The Hall–Kier alpha value is -2.29. The van der Waals surface area contributed by atoms with Crippen LogP contribution in [0, 0.1) is 17.6 Å². The summed E-state index contributed by atoms with van der Waals surface area (Å²) in [6.07, 6.45) is 4.90. The SMILES string of the molecule is O=S(Nc1cscn1)c1cc(Cl)c(OCC2CCCC=C2c2cccc(F)c2)cc1F. The Labute approximate surface area is 190 Å². The molecule has 162 valence electrons. The minimum absolute atomic E-state index is 0.0369. The van der Waals surface area contributed by atoms with Crippen LogP contribution >= 0.6 is 22.9 Å². The lowest BCUT2D eigenvalue weighted by Gasteiger charge is -2.25. The van der Waals surface area contributed by atoms with Gasteiger partial charge in [0.1, 0.15) is 23.2 Å². The van der Waals surface area contributed by atoms with Crippen molar-refractivity contribution in [3.05, 3.63) is 75.6 Å². The third-order valence-corrected chi connectivity index (χ3v) is 6.96. The molecule has 1 aliphatic rings. The summed E-state index contributed by atoms with van der Waals surface area (Å²) in [4.78, 5) is 3.90. The summed E-state index contributed by atoms with van der Waals surface area (Å²) in [5.74, 6) is -0.366. The smallest absolute Gasteiger partial charge is 0.154 e. The average Bonchev–Trinajstić information content (AvgIpc) is 3.27. The molecule has 4 rings (SSSR count). The fraction of sp³-hybridized carbons (Fsp3) is 0.227. The lowest BCUT2D eigenvalue weighted by Crippen LogP contribution is -2.17. The molecular weight excluding hydrogens is 462 g/mol. The molecule has 0 saturated carbocycles. The number of ether oxygens (including phenoxy) is 1. The molecule has 0 radical (unpaired) electrons. The van der Waals surface area contributed by atoms with E-state index in [-0.39, 0.29) is 34.0 Å². The number of nitrogens with zero attached hydrogens (tertiary/aromatic N) is 1. The highest BCUT2D eigenvalue weighted by Gasteiger charge is 2.22. The van der Waals surface area contributed by atoms with Crippen LogP contribution in [0.2, 0.25) is 5.02 Å². The van der Waals surface area contributed by atoms with Gasteiger partial charge in [0.25, 0.3) is 0 Å². The average molecular weight is 481 g/mol. The van der Waals surface area contributed by atoms with Crippen molar-refractivity contribution in [2.75, 3.05) is 11.3 Å². The van der Waals surface area contributed by atoms with Gasteiger partial charge in [-0.15, -0.1) is 11.3 Å². The molecule has 0 bridgehead atoms. The predicted octanol–water partition coefficient (Wildman–Crippen LogP) is 6.47. The molecule has 31 heavy (non-hydrogen) atoms. The van der Waals surface area contributed by atoms with Crippen molar-refractivity contribution in [3.63, 3.8) is 0 Å². The van der Waals surface area contributed by atoms with Gasteiger partial charge >= 0.3 is 0 Å². The predicted molar refractivity (Wildman–Crippen MR) is 121 cm³/mol. The van der Waals surface area contributed by atoms with E-state index in [4.69, 9.17) is 16.3 Å². The molecule has 1 aliphatic carbocycles. The van der Waals surface area contributed by atoms with Crippen molar-refractivity contribution in [3.8, 4) is 5.75 Å². The first-order chi connectivity index (χ1) is 15.0. The minimum Gasteiger partial charge on any atom is -0.491 e. The molecule has 0 spiro atoms. The first kappa shape index (κ1) is 21.9. The Balaban J connectivity index is 1.48. The van der Waals surface area contributed by atoms with Crippen LogP contribution in [0.25, 0.3) is 5.57 Å². The van der Waals surface area contributed by atoms with E-state index in [1.165, 1.54) is 29.5 Å². The van der Waals surface area contributed by atoms with Gasteiger partial charge in [0, 0.05) is 17.4 Å². The van der Waals surface area contributed by atoms with Crippen LogP contribution in [-0.2, 0) is 11.0 Å². The molecule has 1 N–H and O–H groups in total. The first-order valence-electron chi connectivity index (χ1n) is 9.65. The second kappa shape index (κ2) is 9.89. The van der Waals surface area contributed by atoms with Crippen molar-refractivity contribution in [2.45, 2.75) is 24.2 Å². The minimum atomic E-state index is -1.85. The zero-order chi connectivity index (χ0) is 21.8. The van der Waals surface area contributed by atoms with Crippen molar-refractivity contribution >= 4 is 45.3 Å². The molecule has 0 saturated heterocycles. The molecule has 4 nitrogen and oxygen atoms in total. The maximum Gasteiger partial charge on any atom is 0.154 e. The van der Waals surface area contributed by atoms with Gasteiger partial charge in [-0.2, -0.15) is 0 Å². The molecule has 2 atom stereocenters. The summed E-state index contributed by atoms with van der Waals surface area (Å²) in [7, 11) is -1.85. The molecule has 1 heterocycles. The monoisotopic (exact) mass is 480 g/mol. The number of nitrogens with one attached hydrogen (secondary N) is 1. The van der Waals surface area contributed by atoms with E-state index in [1.54, 1.807) is 17.0 Å². The number of halogens is 3. The number of thiazole rings is 1. The maximum absolute atomic E-state index is 14.6. The third-order valence-electron chi connectivity index (χ3n) is 4.97. The van der Waals surface area contributed by atoms with Crippen LogP contribution < -0.4 is 9.46 Å². The first-order valence-corrected chi connectivity index (χ1v) is 12.1. The van der Waals surface area contributed by atoms with Gasteiger partial charge in [-0.3, -0.25) is 4.72 Å². The molecule has 2 unspecified atom stereocenters. The Kier molecular flexibility index (Phi) is 6.99. The van der Waals surface area contributed by atoms with Crippen LogP contribution in [-0.4, -0.2) is 15.8 Å². The fourth-order valence-corrected chi connectivity index (χ4v) is 5.22. The Bertz CT molecular complexity index is 1120. The molecule has 0 amide bonds. The molecule has 0 aliphatic heterocycles. The number of benzene rings is 2. The van der Waals surface area contributed by atoms with Crippen molar-refractivity contribution < 1.29 is 17.7 Å². The highest BCUT2D eigenvalue weighted by Crippen LogP contribution is 2.35.